The summed E-state index contributed by atoms with van der Waals surface area (Å²) in [5.74, 6) is 0.907. The van der Waals surface area contributed by atoms with Crippen molar-refractivity contribution in [1.29, 1.82) is 0 Å². The molecule has 1 fully saturated rings. The van der Waals surface area contributed by atoms with E-state index in [0.29, 0.717) is 12.6 Å². The summed E-state index contributed by atoms with van der Waals surface area (Å²) in [5.41, 5.74) is 5.94. The third-order valence-corrected chi connectivity index (χ3v) is 4.11. The van der Waals surface area contributed by atoms with Gasteiger partial charge in [0, 0.05) is 6.54 Å². The van der Waals surface area contributed by atoms with Gasteiger partial charge in [0.25, 0.3) is 0 Å². The van der Waals surface area contributed by atoms with E-state index in [1.165, 1.54) is 25.7 Å². The van der Waals surface area contributed by atoms with Crippen LogP contribution in [0.4, 0.5) is 0 Å². The lowest BCUT2D eigenvalue weighted by molar-refractivity contribution is -0.110. The Hall–Kier alpha value is -0.0800. The van der Waals surface area contributed by atoms with Gasteiger partial charge in [-0.3, -0.25) is 0 Å². The van der Waals surface area contributed by atoms with Crippen molar-refractivity contribution >= 4 is 0 Å². The van der Waals surface area contributed by atoms with Crippen molar-refractivity contribution in [3.05, 3.63) is 0 Å². The fraction of sp³-hybridized carbons (Fsp3) is 1.00. The zero-order valence-corrected chi connectivity index (χ0v) is 11.3. The highest BCUT2D eigenvalue weighted by atomic mass is 16.5. The Labute approximate surface area is 101 Å². The van der Waals surface area contributed by atoms with Gasteiger partial charge < -0.3 is 10.5 Å². The van der Waals surface area contributed by atoms with E-state index in [4.69, 9.17) is 10.5 Å². The molecule has 2 N–H and O–H groups in total. The highest BCUT2D eigenvalue weighted by Crippen LogP contribution is 2.36. The minimum absolute atomic E-state index is 0.000255. The third-order valence-electron chi connectivity index (χ3n) is 4.11. The van der Waals surface area contributed by atoms with Crippen molar-refractivity contribution in [2.24, 2.45) is 11.7 Å². The number of hydrogen-bond acceptors (Lipinski definition) is 2. The zero-order chi connectivity index (χ0) is 12.0. The average molecular weight is 227 g/mol. The summed E-state index contributed by atoms with van der Waals surface area (Å²) < 4.78 is 6.24. The Bertz CT molecular complexity index is 185. The van der Waals surface area contributed by atoms with E-state index in [9.17, 15) is 0 Å². The van der Waals surface area contributed by atoms with Gasteiger partial charge in [-0.2, -0.15) is 0 Å². The van der Waals surface area contributed by atoms with Crippen molar-refractivity contribution in [2.75, 3.05) is 6.54 Å². The molecule has 0 heterocycles. The lowest BCUT2D eigenvalue weighted by Crippen LogP contribution is -2.46. The highest BCUT2D eigenvalue weighted by Gasteiger charge is 2.35. The van der Waals surface area contributed by atoms with Crippen molar-refractivity contribution < 1.29 is 4.74 Å². The smallest absolute Gasteiger partial charge is 0.0807 e. The molecular weight excluding hydrogens is 198 g/mol. The van der Waals surface area contributed by atoms with Crippen LogP contribution >= 0.6 is 0 Å². The van der Waals surface area contributed by atoms with Gasteiger partial charge in [-0.1, -0.05) is 26.7 Å². The molecule has 2 heteroatoms. The minimum Gasteiger partial charge on any atom is -0.371 e. The molecule has 1 rings (SSSR count). The Morgan fingerprint density at radius 2 is 1.94 bits per heavy atom. The number of rotatable bonds is 6. The molecule has 16 heavy (non-hydrogen) atoms. The van der Waals surface area contributed by atoms with Crippen LogP contribution in [-0.2, 0) is 4.74 Å². The summed E-state index contributed by atoms with van der Waals surface area (Å²) >= 11 is 0. The Balaban J connectivity index is 2.45. The van der Waals surface area contributed by atoms with Crippen LogP contribution in [0, 0.1) is 5.92 Å². The zero-order valence-electron chi connectivity index (χ0n) is 11.3. The van der Waals surface area contributed by atoms with Crippen molar-refractivity contribution in [2.45, 2.75) is 77.4 Å². The first kappa shape index (κ1) is 14.0. The van der Waals surface area contributed by atoms with Gasteiger partial charge in [0.1, 0.15) is 0 Å². The third kappa shape index (κ3) is 3.74. The van der Waals surface area contributed by atoms with Gasteiger partial charge in [0.15, 0.2) is 0 Å². The maximum atomic E-state index is 6.24. The molecule has 0 amide bonds. The van der Waals surface area contributed by atoms with Crippen LogP contribution in [0.25, 0.3) is 0 Å². The van der Waals surface area contributed by atoms with Crippen LogP contribution in [0.15, 0.2) is 0 Å². The molecule has 96 valence electrons. The van der Waals surface area contributed by atoms with Crippen LogP contribution in [0.5, 0.6) is 0 Å². The molecule has 0 aliphatic heterocycles. The lowest BCUT2D eigenvalue weighted by atomic mass is 9.77. The van der Waals surface area contributed by atoms with E-state index < -0.39 is 0 Å². The van der Waals surface area contributed by atoms with Crippen LogP contribution < -0.4 is 5.73 Å². The fourth-order valence-electron chi connectivity index (χ4n) is 2.87. The summed E-state index contributed by atoms with van der Waals surface area (Å²) in [6.07, 6.45) is 8.95. The van der Waals surface area contributed by atoms with Crippen molar-refractivity contribution in [1.82, 2.24) is 0 Å². The van der Waals surface area contributed by atoms with Gasteiger partial charge in [0.2, 0.25) is 0 Å². The topological polar surface area (TPSA) is 35.2 Å². The first-order chi connectivity index (χ1) is 7.65. The predicted molar refractivity (Wildman–Crippen MR) is 69.5 cm³/mol. The van der Waals surface area contributed by atoms with E-state index in [1.54, 1.807) is 0 Å². The first-order valence-electron chi connectivity index (χ1n) is 7.03. The van der Waals surface area contributed by atoms with Crippen molar-refractivity contribution in [3.63, 3.8) is 0 Å². The van der Waals surface area contributed by atoms with E-state index >= 15 is 0 Å². The summed E-state index contributed by atoms with van der Waals surface area (Å²) in [4.78, 5) is 0. The average Bonchev–Trinajstić information content (AvgIpc) is 2.30. The number of nitrogens with two attached hydrogens (primary N) is 1. The molecule has 2 nitrogen and oxygen atoms in total. The van der Waals surface area contributed by atoms with Gasteiger partial charge in [-0.05, 0) is 44.9 Å². The van der Waals surface area contributed by atoms with E-state index in [1.807, 2.05) is 0 Å². The van der Waals surface area contributed by atoms with E-state index in [0.717, 1.165) is 25.2 Å². The minimum atomic E-state index is 0.000255. The molecular formula is C14H29NO. The summed E-state index contributed by atoms with van der Waals surface area (Å²) in [6.45, 7) is 7.38. The molecule has 0 radical (unpaired) electrons. The Kier molecular flexibility index (Phi) is 5.77. The second-order valence-corrected chi connectivity index (χ2v) is 5.46. The maximum absolute atomic E-state index is 6.24. The van der Waals surface area contributed by atoms with E-state index in [-0.39, 0.29) is 5.60 Å². The van der Waals surface area contributed by atoms with Gasteiger partial charge in [0.05, 0.1) is 11.7 Å². The van der Waals surface area contributed by atoms with Crippen molar-refractivity contribution in [3.8, 4) is 0 Å². The van der Waals surface area contributed by atoms with Crippen LogP contribution in [0.3, 0.4) is 0 Å². The number of hydrogen-bond donors (Lipinski definition) is 1. The van der Waals surface area contributed by atoms with Gasteiger partial charge in [-0.15, -0.1) is 0 Å². The first-order valence-corrected chi connectivity index (χ1v) is 7.03. The lowest BCUT2D eigenvalue weighted by Gasteiger charge is -2.41. The standard InChI is InChI=1S/C14H29NO/c1-4-6-12(3)16-14(11-15)9-7-13(5-2)8-10-14/h12-13H,4-11,15H2,1-3H3. The molecule has 1 atom stereocenters. The summed E-state index contributed by atoms with van der Waals surface area (Å²) in [6, 6.07) is 0. The van der Waals surface area contributed by atoms with Crippen LogP contribution in [0.1, 0.15) is 65.7 Å². The summed E-state index contributed by atoms with van der Waals surface area (Å²) in [5, 5.41) is 0. The second-order valence-electron chi connectivity index (χ2n) is 5.46. The molecule has 1 saturated carbocycles. The molecule has 0 bridgehead atoms. The molecule has 1 aliphatic carbocycles. The molecule has 0 saturated heterocycles. The largest absolute Gasteiger partial charge is 0.371 e. The Morgan fingerprint density at radius 3 is 2.38 bits per heavy atom. The number of ether oxygens (including phenoxy) is 1. The van der Waals surface area contributed by atoms with Crippen LogP contribution in [0.2, 0.25) is 0 Å². The second kappa shape index (κ2) is 6.61. The molecule has 0 aromatic rings. The Morgan fingerprint density at radius 1 is 1.31 bits per heavy atom. The molecule has 0 aromatic carbocycles. The van der Waals surface area contributed by atoms with Gasteiger partial charge in [-0.25, -0.2) is 0 Å². The predicted octanol–water partition coefficient (Wildman–Crippen LogP) is 3.49. The maximum Gasteiger partial charge on any atom is 0.0807 e. The SMILES string of the molecule is CCCC(C)OC1(CN)CCC(CC)CC1. The quantitative estimate of drug-likeness (QED) is 0.754. The fourth-order valence-corrected chi connectivity index (χ4v) is 2.87. The molecule has 0 aromatic heterocycles. The molecule has 0 spiro atoms. The summed E-state index contributed by atoms with van der Waals surface area (Å²) in [7, 11) is 0. The molecule has 1 unspecified atom stereocenters. The highest BCUT2D eigenvalue weighted by molar-refractivity contribution is 4.88. The van der Waals surface area contributed by atoms with Gasteiger partial charge >= 0.3 is 0 Å². The molecule has 1 aliphatic rings. The normalized spacial score (nSPS) is 32.6. The van der Waals surface area contributed by atoms with E-state index in [2.05, 4.69) is 20.8 Å². The monoisotopic (exact) mass is 227 g/mol. The van der Waals surface area contributed by atoms with Crippen LogP contribution in [-0.4, -0.2) is 18.2 Å².